The molecule has 9 aromatic rings. The molecule has 0 N–H and O–H groups in total. The smallest absolute Gasteiger partial charge is 0.00201 e. The Morgan fingerprint density at radius 2 is 0.708 bits per heavy atom. The van der Waals surface area contributed by atoms with Crippen LogP contribution in [0.25, 0.3) is 99.1 Å². The zero-order valence-corrected chi connectivity index (χ0v) is 26.3. The average molecular weight is 607 g/mol. The van der Waals surface area contributed by atoms with Crippen LogP contribution < -0.4 is 0 Å². The summed E-state index contributed by atoms with van der Waals surface area (Å²) in [4.78, 5) is 0. The van der Waals surface area contributed by atoms with Gasteiger partial charge >= 0.3 is 0 Å². The van der Waals surface area contributed by atoms with Crippen molar-refractivity contribution < 1.29 is 0 Å². The standard InChI is InChI=1S/C48H30/c1-2-7-31(8-3-1)39-23-24-43-46-26-25-42(44-11-6-12-45(48(44)46)47(43)30-39)40-22-19-35-18-21-38(28-41(35)29-40)34-15-13-33(14-16-34)37-20-17-32-9-4-5-10-36(32)27-37/h1-30H. The molecule has 0 atom stereocenters. The summed E-state index contributed by atoms with van der Waals surface area (Å²) in [5.74, 6) is 0. The first-order valence-electron chi connectivity index (χ1n) is 16.7. The summed E-state index contributed by atoms with van der Waals surface area (Å²) in [7, 11) is 0. The van der Waals surface area contributed by atoms with E-state index in [4.69, 9.17) is 0 Å². The van der Waals surface area contributed by atoms with Crippen LogP contribution in [0.4, 0.5) is 0 Å². The first-order valence-corrected chi connectivity index (χ1v) is 16.7. The Kier molecular flexibility index (Phi) is 5.98. The molecule has 0 aromatic heterocycles. The van der Waals surface area contributed by atoms with Gasteiger partial charge in [0.25, 0.3) is 0 Å². The van der Waals surface area contributed by atoms with E-state index in [0.717, 1.165) is 0 Å². The minimum absolute atomic E-state index is 1.23. The van der Waals surface area contributed by atoms with Crippen LogP contribution in [0.3, 0.4) is 0 Å². The van der Waals surface area contributed by atoms with Crippen LogP contribution in [-0.2, 0) is 0 Å². The first kappa shape index (κ1) is 26.9. The maximum Gasteiger partial charge on any atom is -0.00201 e. The molecule has 1 aliphatic carbocycles. The molecule has 10 rings (SSSR count). The Bertz CT molecular complexity index is 2700. The predicted octanol–water partition coefficient (Wildman–Crippen LogP) is 13.5. The van der Waals surface area contributed by atoms with Crippen molar-refractivity contribution >= 4 is 32.3 Å². The van der Waals surface area contributed by atoms with E-state index in [9.17, 15) is 0 Å². The molecule has 0 amide bonds. The minimum atomic E-state index is 1.23. The highest BCUT2D eigenvalue weighted by atomic mass is 14.3. The monoisotopic (exact) mass is 606 g/mol. The summed E-state index contributed by atoms with van der Waals surface area (Å²) in [5.41, 5.74) is 15.3. The molecule has 0 radical (unpaired) electrons. The van der Waals surface area contributed by atoms with Crippen LogP contribution in [0.15, 0.2) is 182 Å². The quantitative estimate of drug-likeness (QED) is 0.187. The number of rotatable bonds is 4. The third-order valence-electron chi connectivity index (χ3n) is 10.2. The van der Waals surface area contributed by atoms with Gasteiger partial charge in [-0.3, -0.25) is 0 Å². The van der Waals surface area contributed by atoms with E-state index in [0.29, 0.717) is 0 Å². The number of hydrogen-bond acceptors (Lipinski definition) is 0. The SMILES string of the molecule is c1ccc(-c2ccc3c(c2)-c2cccc4c(-c5ccc6ccc(-c7ccc(-c8ccc9ccccc9c8)cc7)cc6c5)ccc-3c24)cc1. The molecule has 1 aliphatic rings. The lowest BCUT2D eigenvalue weighted by Gasteiger charge is -2.12. The number of hydrogen-bond donors (Lipinski definition) is 0. The van der Waals surface area contributed by atoms with Crippen LogP contribution >= 0.6 is 0 Å². The van der Waals surface area contributed by atoms with E-state index in [1.807, 2.05) is 0 Å². The predicted molar refractivity (Wildman–Crippen MR) is 205 cm³/mol. The third kappa shape index (κ3) is 4.31. The van der Waals surface area contributed by atoms with Crippen molar-refractivity contribution in [2.24, 2.45) is 0 Å². The molecule has 222 valence electrons. The first-order chi connectivity index (χ1) is 23.8. The molecule has 0 saturated carbocycles. The fourth-order valence-corrected chi connectivity index (χ4v) is 7.74. The van der Waals surface area contributed by atoms with Crippen molar-refractivity contribution in [2.45, 2.75) is 0 Å². The average Bonchev–Trinajstić information content (AvgIpc) is 3.49. The van der Waals surface area contributed by atoms with Crippen molar-refractivity contribution in [3.63, 3.8) is 0 Å². The lowest BCUT2D eigenvalue weighted by atomic mass is 9.92. The molecule has 0 heterocycles. The Hall–Kier alpha value is -6.24. The maximum absolute atomic E-state index is 2.37. The number of benzene rings is 9. The molecule has 0 fully saturated rings. The van der Waals surface area contributed by atoms with Gasteiger partial charge in [0, 0.05) is 0 Å². The molecule has 0 heteroatoms. The van der Waals surface area contributed by atoms with Crippen LogP contribution in [-0.4, -0.2) is 0 Å². The van der Waals surface area contributed by atoms with Gasteiger partial charge in [0.2, 0.25) is 0 Å². The second-order valence-corrected chi connectivity index (χ2v) is 12.9. The van der Waals surface area contributed by atoms with Gasteiger partial charge in [0.15, 0.2) is 0 Å². The van der Waals surface area contributed by atoms with E-state index >= 15 is 0 Å². The normalized spacial score (nSPS) is 11.8. The summed E-state index contributed by atoms with van der Waals surface area (Å²) in [5, 5.41) is 7.71. The molecule has 9 aromatic carbocycles. The van der Waals surface area contributed by atoms with Crippen LogP contribution in [0.1, 0.15) is 0 Å². The summed E-state index contributed by atoms with van der Waals surface area (Å²) in [6.07, 6.45) is 0. The topological polar surface area (TPSA) is 0 Å². The minimum Gasteiger partial charge on any atom is -0.0622 e. The van der Waals surface area contributed by atoms with E-state index in [1.165, 1.54) is 99.1 Å². The largest absolute Gasteiger partial charge is 0.0622 e. The van der Waals surface area contributed by atoms with Crippen LogP contribution in [0.5, 0.6) is 0 Å². The highest BCUT2D eigenvalue weighted by Gasteiger charge is 2.23. The van der Waals surface area contributed by atoms with E-state index < -0.39 is 0 Å². The van der Waals surface area contributed by atoms with E-state index in [2.05, 4.69) is 182 Å². The fraction of sp³-hybridized carbons (Fsp3) is 0. The van der Waals surface area contributed by atoms with E-state index in [1.54, 1.807) is 0 Å². The molecule has 0 spiro atoms. The fourth-order valence-electron chi connectivity index (χ4n) is 7.74. The summed E-state index contributed by atoms with van der Waals surface area (Å²) in [6.45, 7) is 0. The molecular formula is C48H30. The lowest BCUT2D eigenvalue weighted by molar-refractivity contribution is 1.61. The van der Waals surface area contributed by atoms with Gasteiger partial charge in [-0.2, -0.15) is 0 Å². The second kappa shape index (κ2) is 10.7. The maximum atomic E-state index is 2.37. The zero-order valence-electron chi connectivity index (χ0n) is 26.3. The molecule has 0 aliphatic heterocycles. The van der Waals surface area contributed by atoms with Gasteiger partial charge in [0.05, 0.1) is 0 Å². The van der Waals surface area contributed by atoms with Gasteiger partial charge in [-0.25, -0.2) is 0 Å². The number of fused-ring (bicyclic) bond motifs is 5. The van der Waals surface area contributed by atoms with Gasteiger partial charge in [-0.1, -0.05) is 158 Å². The van der Waals surface area contributed by atoms with Crippen molar-refractivity contribution in [2.75, 3.05) is 0 Å². The molecule has 48 heavy (non-hydrogen) atoms. The second-order valence-electron chi connectivity index (χ2n) is 12.9. The Morgan fingerprint density at radius 1 is 0.208 bits per heavy atom. The molecular weight excluding hydrogens is 577 g/mol. The van der Waals surface area contributed by atoms with E-state index in [-0.39, 0.29) is 0 Å². The Balaban J connectivity index is 1.02. The van der Waals surface area contributed by atoms with Crippen LogP contribution in [0.2, 0.25) is 0 Å². The molecule has 0 nitrogen and oxygen atoms in total. The van der Waals surface area contributed by atoms with Gasteiger partial charge in [-0.15, -0.1) is 0 Å². The summed E-state index contributed by atoms with van der Waals surface area (Å²) in [6, 6.07) is 67.0. The molecule has 0 bridgehead atoms. The zero-order chi connectivity index (χ0) is 31.6. The van der Waals surface area contributed by atoms with Gasteiger partial charge in [-0.05, 0) is 123 Å². The highest BCUT2D eigenvalue weighted by Crippen LogP contribution is 2.50. The van der Waals surface area contributed by atoms with Crippen molar-refractivity contribution in [3.8, 4) is 66.8 Å². The summed E-state index contributed by atoms with van der Waals surface area (Å²) >= 11 is 0. The highest BCUT2D eigenvalue weighted by molar-refractivity contribution is 6.19. The third-order valence-corrected chi connectivity index (χ3v) is 10.2. The molecule has 0 saturated heterocycles. The van der Waals surface area contributed by atoms with Crippen molar-refractivity contribution in [1.29, 1.82) is 0 Å². The van der Waals surface area contributed by atoms with Crippen molar-refractivity contribution in [1.82, 2.24) is 0 Å². The van der Waals surface area contributed by atoms with Gasteiger partial charge < -0.3 is 0 Å². The molecule has 0 unspecified atom stereocenters. The summed E-state index contributed by atoms with van der Waals surface area (Å²) < 4.78 is 0. The van der Waals surface area contributed by atoms with Crippen molar-refractivity contribution in [3.05, 3.63) is 182 Å². The van der Waals surface area contributed by atoms with Gasteiger partial charge in [0.1, 0.15) is 0 Å². The lowest BCUT2D eigenvalue weighted by Crippen LogP contribution is -1.85. The Morgan fingerprint density at radius 3 is 1.48 bits per heavy atom. The Labute approximate surface area is 280 Å². The van der Waals surface area contributed by atoms with Crippen LogP contribution in [0, 0.1) is 0 Å².